The maximum absolute atomic E-state index is 12.8. The molecule has 1 aliphatic heterocycles. The largest absolute Gasteiger partial charge is 0.376 e. The second-order valence-corrected chi connectivity index (χ2v) is 6.04. The van der Waals surface area contributed by atoms with Crippen molar-refractivity contribution in [1.29, 1.82) is 0 Å². The second-order valence-electron chi connectivity index (χ2n) is 4.45. The minimum absolute atomic E-state index is 0.184. The highest BCUT2D eigenvalue weighted by Gasteiger charge is 2.55. The maximum atomic E-state index is 12.8. The normalized spacial score (nSPS) is 36.4. The van der Waals surface area contributed by atoms with E-state index in [1.807, 2.05) is 0 Å². The lowest BCUT2D eigenvalue weighted by molar-refractivity contribution is -0.288. The predicted octanol–water partition coefficient (Wildman–Crippen LogP) is 0.515. The third-order valence-corrected chi connectivity index (χ3v) is 4.87. The summed E-state index contributed by atoms with van der Waals surface area (Å²) in [6, 6.07) is 8.23. The molecule has 0 aromatic heterocycles. The van der Waals surface area contributed by atoms with Crippen LogP contribution in [0.25, 0.3) is 0 Å². The van der Waals surface area contributed by atoms with Crippen LogP contribution in [-0.2, 0) is 29.7 Å². The topological polar surface area (TPSA) is 74.2 Å². The SMILES string of the molecule is [2H]CO[C@@H]1[C@H](OC[2H])COC(O)(S(=O)c2ccccc2)[C@H]1OC[2H]. The van der Waals surface area contributed by atoms with Crippen LogP contribution in [0.5, 0.6) is 0 Å². The molecule has 1 heterocycles. The molecule has 0 aliphatic carbocycles. The minimum atomic E-state index is -2.26. The first-order chi connectivity index (χ1) is 11.6. The van der Waals surface area contributed by atoms with Crippen LogP contribution in [0, 0.1) is 0 Å². The van der Waals surface area contributed by atoms with Gasteiger partial charge in [-0.2, -0.15) is 0 Å². The van der Waals surface area contributed by atoms with Gasteiger partial charge < -0.3 is 24.1 Å². The Morgan fingerprint density at radius 2 is 2.00 bits per heavy atom. The van der Waals surface area contributed by atoms with Gasteiger partial charge in [-0.15, -0.1) is 0 Å². The molecule has 0 spiro atoms. The molecule has 0 saturated carbocycles. The molecule has 21 heavy (non-hydrogen) atoms. The Morgan fingerprint density at radius 1 is 1.29 bits per heavy atom. The Kier molecular flexibility index (Phi) is 4.20. The monoisotopic (exact) mass is 319 g/mol. The lowest BCUT2D eigenvalue weighted by Crippen LogP contribution is -2.64. The molecule has 0 radical (unpaired) electrons. The van der Waals surface area contributed by atoms with E-state index in [0.29, 0.717) is 4.90 Å². The van der Waals surface area contributed by atoms with Gasteiger partial charge in [0.05, 0.1) is 10.7 Å². The van der Waals surface area contributed by atoms with Crippen molar-refractivity contribution in [3.63, 3.8) is 0 Å². The van der Waals surface area contributed by atoms with Gasteiger partial charge in [-0.1, -0.05) is 18.2 Å². The fraction of sp³-hybridized carbons (Fsp3) is 0.571. The summed E-state index contributed by atoms with van der Waals surface area (Å²) in [5, 5.41) is 8.63. The summed E-state index contributed by atoms with van der Waals surface area (Å²) in [7, 11) is -3.39. The molecule has 0 bridgehead atoms. The fourth-order valence-corrected chi connectivity index (χ4v) is 3.52. The van der Waals surface area contributed by atoms with E-state index in [9.17, 15) is 9.32 Å². The first kappa shape index (κ1) is 12.7. The van der Waals surface area contributed by atoms with E-state index in [1.165, 1.54) is 0 Å². The Morgan fingerprint density at radius 3 is 2.67 bits per heavy atom. The maximum Gasteiger partial charge on any atom is 0.279 e. The fourth-order valence-electron chi connectivity index (χ4n) is 2.19. The lowest BCUT2D eigenvalue weighted by atomic mass is 10.0. The van der Waals surface area contributed by atoms with E-state index in [0.717, 1.165) is 0 Å². The van der Waals surface area contributed by atoms with Gasteiger partial charge in [-0.05, 0) is 12.1 Å². The minimum Gasteiger partial charge on any atom is -0.376 e. The van der Waals surface area contributed by atoms with Crippen LogP contribution in [0.4, 0.5) is 0 Å². The van der Waals surface area contributed by atoms with E-state index in [-0.39, 0.29) is 13.7 Å². The molecule has 0 amide bonds. The van der Waals surface area contributed by atoms with Crippen molar-refractivity contribution in [2.24, 2.45) is 0 Å². The van der Waals surface area contributed by atoms with E-state index < -0.39 is 48.4 Å². The molecule has 1 aromatic carbocycles. The zero-order chi connectivity index (χ0) is 17.6. The zero-order valence-corrected chi connectivity index (χ0v) is 12.2. The Hall–Kier alpha value is -0.830. The summed E-state index contributed by atoms with van der Waals surface area (Å²) in [4.78, 5) is 0.322. The standard InChI is InChI=1S/C14H20O6S/c1-17-11-9-20-14(15,13(19-3)12(11)18-2)21(16)10-7-5-4-6-8-10/h4-8,11-13,15H,9H2,1-3H3/t11-,12-,13+,14?,21?/m1/s1/i1D,2D,3D. The molecule has 1 fully saturated rings. The third-order valence-electron chi connectivity index (χ3n) is 3.29. The quantitative estimate of drug-likeness (QED) is 0.853. The lowest BCUT2D eigenvalue weighted by Gasteiger charge is -2.44. The number of methoxy groups -OCH3 is 3. The molecule has 2 unspecified atom stereocenters. The molecule has 5 atom stereocenters. The first-order valence-corrected chi connectivity index (χ1v) is 7.29. The molecule has 1 aromatic rings. The number of aliphatic hydroxyl groups is 1. The summed E-state index contributed by atoms with van der Waals surface area (Å²) >= 11 is 0. The molecule has 1 saturated heterocycles. The van der Waals surface area contributed by atoms with E-state index in [4.69, 9.17) is 23.1 Å². The van der Waals surface area contributed by atoms with Crippen molar-refractivity contribution >= 4 is 10.8 Å². The van der Waals surface area contributed by atoms with Crippen LogP contribution in [0.2, 0.25) is 0 Å². The van der Waals surface area contributed by atoms with Gasteiger partial charge >= 0.3 is 0 Å². The summed E-state index contributed by atoms with van der Waals surface area (Å²) in [5.74, 6) is 0. The highest BCUT2D eigenvalue weighted by atomic mass is 32.2. The molecular formula is C14H20O6S. The van der Waals surface area contributed by atoms with Gasteiger partial charge in [0.2, 0.25) is 0 Å². The number of rotatable bonds is 5. The number of hydrogen-bond acceptors (Lipinski definition) is 6. The van der Waals surface area contributed by atoms with Crippen LogP contribution >= 0.6 is 0 Å². The molecule has 6 nitrogen and oxygen atoms in total. The summed E-state index contributed by atoms with van der Waals surface area (Å²) in [6.45, 7) is -0.184. The van der Waals surface area contributed by atoms with Crippen LogP contribution in [0.3, 0.4) is 0 Å². The average molecular weight is 319 g/mol. The van der Waals surface area contributed by atoms with Gasteiger partial charge in [-0.3, -0.25) is 0 Å². The highest BCUT2D eigenvalue weighted by molar-refractivity contribution is 7.86. The van der Waals surface area contributed by atoms with Crippen LogP contribution < -0.4 is 0 Å². The van der Waals surface area contributed by atoms with Crippen molar-refractivity contribution < 1.29 is 32.4 Å². The predicted molar refractivity (Wildman–Crippen MR) is 76.1 cm³/mol. The second kappa shape index (κ2) is 6.95. The molecule has 1 aliphatic rings. The van der Waals surface area contributed by atoms with Gasteiger partial charge in [0, 0.05) is 26.2 Å². The van der Waals surface area contributed by atoms with Crippen molar-refractivity contribution in [2.45, 2.75) is 28.3 Å². The van der Waals surface area contributed by atoms with Gasteiger partial charge in [0.1, 0.15) is 23.0 Å². The van der Waals surface area contributed by atoms with Gasteiger partial charge in [0.15, 0.2) is 6.10 Å². The average Bonchev–Trinajstić information content (AvgIpc) is 2.61. The molecule has 118 valence electrons. The summed E-state index contributed by atoms with van der Waals surface area (Å²) in [5.41, 5.74) is 0. The van der Waals surface area contributed by atoms with Crippen molar-refractivity contribution in [2.75, 3.05) is 27.9 Å². The summed E-state index contributed by atoms with van der Waals surface area (Å²) < 4.78 is 55.6. The number of benzene rings is 1. The van der Waals surface area contributed by atoms with Crippen molar-refractivity contribution in [3.8, 4) is 0 Å². The van der Waals surface area contributed by atoms with Crippen LogP contribution in [-0.4, -0.2) is 60.6 Å². The smallest absolute Gasteiger partial charge is 0.279 e. The van der Waals surface area contributed by atoms with E-state index in [1.54, 1.807) is 30.3 Å². The first-order valence-electron chi connectivity index (χ1n) is 8.26. The molecule has 7 heteroatoms. The zero-order valence-electron chi connectivity index (χ0n) is 14.3. The Labute approximate surface area is 130 Å². The van der Waals surface area contributed by atoms with Crippen LogP contribution in [0.1, 0.15) is 4.11 Å². The Bertz CT molecular complexity index is 537. The van der Waals surface area contributed by atoms with E-state index in [2.05, 4.69) is 0 Å². The molecule has 2 rings (SSSR count). The molecular weight excluding hydrogens is 296 g/mol. The van der Waals surface area contributed by atoms with Crippen LogP contribution in [0.15, 0.2) is 35.2 Å². The summed E-state index contributed by atoms with van der Waals surface area (Å²) in [6.07, 6.45) is -3.09. The van der Waals surface area contributed by atoms with Crippen molar-refractivity contribution in [3.05, 3.63) is 30.3 Å². The van der Waals surface area contributed by atoms with Gasteiger partial charge in [0.25, 0.3) is 5.12 Å². The highest BCUT2D eigenvalue weighted by Crippen LogP contribution is 2.34. The Balaban J connectivity index is 2.34. The number of hydrogen-bond donors (Lipinski definition) is 1. The number of ether oxygens (including phenoxy) is 4. The molecule has 1 N–H and O–H groups in total. The van der Waals surface area contributed by atoms with Crippen molar-refractivity contribution in [1.82, 2.24) is 0 Å². The van der Waals surface area contributed by atoms with E-state index >= 15 is 0 Å². The third kappa shape index (κ3) is 3.03. The van der Waals surface area contributed by atoms with Gasteiger partial charge in [-0.25, -0.2) is 4.21 Å².